The number of nitrogens with one attached hydrogen (secondary N) is 1. The largest absolute Gasteiger partial charge is 0.458 e. The van der Waals surface area contributed by atoms with E-state index < -0.39 is 83.2 Å². The van der Waals surface area contributed by atoms with Crippen LogP contribution in [0.2, 0.25) is 0 Å². The van der Waals surface area contributed by atoms with Crippen LogP contribution >= 0.6 is 0 Å². The lowest BCUT2D eigenvalue weighted by Crippen LogP contribution is -2.62. The summed E-state index contributed by atoms with van der Waals surface area (Å²) in [5, 5.41) is 18.2. The monoisotopic (exact) mass is 728 g/mol. The standard InChI is InChI=1S/C35H61FN6O9/c1-12-25-35(8)28(42(32(46)51-35)16-14-13-15-39-40-37)23(5)38-19-33(6,36)18-34(7,47-11)29(21(3)26(43)22(4)30(45)49-25)50-31-27(44)24(41(9)10)17-20(2)48-31/h20-25,27-29,31,38,44H,12-19H2,1-11H3/t20?,21-,22+,23+,24?,25+,27?,28+,29+,31-,33?,34+,35+/m0/s1. The van der Waals surface area contributed by atoms with E-state index >= 15 is 4.39 Å². The SMILES string of the molecule is CC[C@H]1OC(=O)[C@H](C)C(=O)[C@H](C)[C@@H](O[C@@H]2OC(C)CC(N(C)C)C2O)[C@](C)(OC)CC(C)(F)CN[C@H](C)[C@H]2N(CCCCN=[N+]=[N-])C(=O)O[C@]12C. The molecule has 13 atom stereocenters. The maximum atomic E-state index is 16.9. The van der Waals surface area contributed by atoms with Crippen molar-refractivity contribution in [2.24, 2.45) is 17.0 Å². The van der Waals surface area contributed by atoms with E-state index in [2.05, 4.69) is 15.3 Å². The van der Waals surface area contributed by atoms with Crippen LogP contribution in [0.1, 0.15) is 87.5 Å². The molecule has 1 amide bonds. The molecule has 2 N–H and O–H groups in total. The highest BCUT2D eigenvalue weighted by molar-refractivity contribution is 6.00. The number of carbonyl (C=O) groups excluding carboxylic acids is 3. The van der Waals surface area contributed by atoms with Crippen molar-refractivity contribution in [2.45, 2.75) is 153 Å². The Morgan fingerprint density at radius 2 is 1.82 bits per heavy atom. The topological polar surface area (TPSA) is 185 Å². The first-order chi connectivity index (χ1) is 23.8. The molecule has 0 aromatic rings. The number of likely N-dealkylation sites (N-methyl/N-ethyl adjacent to an activating group) is 1. The van der Waals surface area contributed by atoms with E-state index in [0.717, 1.165) is 0 Å². The molecule has 3 aliphatic heterocycles. The van der Waals surface area contributed by atoms with Crippen LogP contribution in [0.3, 0.4) is 0 Å². The number of alkyl halides is 1. The summed E-state index contributed by atoms with van der Waals surface area (Å²) >= 11 is 0. The molecule has 51 heavy (non-hydrogen) atoms. The molecule has 3 aliphatic rings. The van der Waals surface area contributed by atoms with Crippen LogP contribution in [0.4, 0.5) is 9.18 Å². The molecule has 292 valence electrons. The number of esters is 1. The number of fused-ring (bicyclic) bond motifs is 1. The van der Waals surface area contributed by atoms with Crippen LogP contribution in [0, 0.1) is 11.8 Å². The Labute approximate surface area is 301 Å². The predicted molar refractivity (Wildman–Crippen MR) is 186 cm³/mol. The first-order valence-corrected chi connectivity index (χ1v) is 18.1. The number of amides is 1. The Kier molecular flexibility index (Phi) is 14.7. The Morgan fingerprint density at radius 1 is 1.16 bits per heavy atom. The summed E-state index contributed by atoms with van der Waals surface area (Å²) in [6.45, 7) is 13.6. The van der Waals surface area contributed by atoms with E-state index in [0.29, 0.717) is 19.3 Å². The lowest BCUT2D eigenvalue weighted by molar-refractivity contribution is -0.296. The second-order valence-electron chi connectivity index (χ2n) is 15.5. The smallest absolute Gasteiger partial charge is 0.410 e. The lowest BCUT2D eigenvalue weighted by atomic mass is 9.77. The van der Waals surface area contributed by atoms with E-state index in [9.17, 15) is 19.5 Å². The molecule has 0 saturated carbocycles. The number of ether oxygens (including phenoxy) is 5. The van der Waals surface area contributed by atoms with Crippen molar-refractivity contribution in [1.82, 2.24) is 15.1 Å². The number of halogens is 1. The van der Waals surface area contributed by atoms with Gasteiger partial charge in [0.15, 0.2) is 17.7 Å². The minimum absolute atomic E-state index is 0.178. The highest BCUT2D eigenvalue weighted by atomic mass is 19.1. The summed E-state index contributed by atoms with van der Waals surface area (Å²) in [5.41, 5.74) is 3.89. The number of nitrogens with zero attached hydrogens (tertiary/aromatic N) is 5. The molecule has 3 saturated heterocycles. The van der Waals surface area contributed by atoms with Crippen LogP contribution < -0.4 is 5.32 Å². The van der Waals surface area contributed by atoms with Crippen LogP contribution in [-0.2, 0) is 33.3 Å². The number of cyclic esters (lactones) is 1. The number of Topliss-reactive ketones (excluding diaryl/α,β-unsaturated/α-hetero) is 1. The fourth-order valence-corrected chi connectivity index (χ4v) is 8.16. The van der Waals surface area contributed by atoms with Crippen LogP contribution in [-0.4, -0.2) is 139 Å². The quantitative estimate of drug-likeness (QED) is 0.0823. The fraction of sp³-hybridized carbons (Fsp3) is 0.914. The Hall–Kier alpha value is -2.59. The summed E-state index contributed by atoms with van der Waals surface area (Å²) in [7, 11) is 5.10. The van der Waals surface area contributed by atoms with E-state index in [-0.39, 0.29) is 44.6 Å². The van der Waals surface area contributed by atoms with E-state index in [1.807, 2.05) is 32.8 Å². The second-order valence-corrected chi connectivity index (χ2v) is 15.5. The Bertz CT molecular complexity index is 1270. The number of aliphatic hydroxyl groups is 1. The number of hydrogen-bond acceptors (Lipinski definition) is 12. The zero-order valence-corrected chi connectivity index (χ0v) is 32.3. The third-order valence-electron chi connectivity index (χ3n) is 11.0. The first-order valence-electron chi connectivity index (χ1n) is 18.1. The highest BCUT2D eigenvalue weighted by Gasteiger charge is 2.59. The maximum absolute atomic E-state index is 16.9. The molecule has 16 heteroatoms. The highest BCUT2D eigenvalue weighted by Crippen LogP contribution is 2.41. The van der Waals surface area contributed by atoms with Crippen molar-refractivity contribution < 1.29 is 47.6 Å². The molecule has 15 nitrogen and oxygen atoms in total. The molecule has 0 aromatic carbocycles. The number of carbonyl (C=O) groups is 3. The van der Waals surface area contributed by atoms with Crippen molar-refractivity contribution in [1.29, 1.82) is 0 Å². The van der Waals surface area contributed by atoms with Gasteiger partial charge in [0.2, 0.25) is 0 Å². The molecule has 3 heterocycles. The zero-order chi connectivity index (χ0) is 38.5. The second kappa shape index (κ2) is 17.5. The number of hydrogen-bond donors (Lipinski definition) is 2. The van der Waals surface area contributed by atoms with Crippen molar-refractivity contribution >= 4 is 17.8 Å². The molecule has 3 fully saturated rings. The van der Waals surface area contributed by atoms with Gasteiger partial charge in [-0.3, -0.25) is 14.5 Å². The third kappa shape index (κ3) is 9.70. The van der Waals surface area contributed by atoms with Crippen molar-refractivity contribution in [3.63, 3.8) is 0 Å². The van der Waals surface area contributed by atoms with Gasteiger partial charge in [-0.15, -0.1) is 0 Å². The lowest BCUT2D eigenvalue weighted by Gasteiger charge is -2.47. The predicted octanol–water partition coefficient (Wildman–Crippen LogP) is 4.15. The van der Waals surface area contributed by atoms with Gasteiger partial charge in [0.1, 0.15) is 23.8 Å². The van der Waals surface area contributed by atoms with Crippen molar-refractivity contribution in [3.05, 3.63) is 10.4 Å². The van der Waals surface area contributed by atoms with Crippen molar-refractivity contribution in [2.75, 3.05) is 40.8 Å². The van der Waals surface area contributed by atoms with Gasteiger partial charge >= 0.3 is 12.1 Å². The fourth-order valence-electron chi connectivity index (χ4n) is 8.16. The van der Waals surface area contributed by atoms with Gasteiger partial charge in [-0.1, -0.05) is 19.0 Å². The number of rotatable bonds is 10. The number of ketones is 1. The number of unbranched alkanes of at least 4 members (excludes halogenated alkanes) is 1. The first kappa shape index (κ1) is 42.8. The normalized spacial score (nSPS) is 41.6. The summed E-state index contributed by atoms with van der Waals surface area (Å²) in [4.78, 5) is 47.6. The van der Waals surface area contributed by atoms with Gasteiger partial charge in [0, 0.05) is 56.1 Å². The van der Waals surface area contributed by atoms with Gasteiger partial charge in [-0.25, -0.2) is 9.18 Å². The van der Waals surface area contributed by atoms with E-state index in [4.69, 9.17) is 29.2 Å². The maximum Gasteiger partial charge on any atom is 0.410 e. The molecule has 0 bridgehead atoms. The summed E-state index contributed by atoms with van der Waals surface area (Å²) < 4.78 is 47.5. The molecule has 0 spiro atoms. The van der Waals surface area contributed by atoms with Gasteiger partial charge in [-0.05, 0) is 86.9 Å². The van der Waals surface area contributed by atoms with Gasteiger partial charge in [0.25, 0.3) is 0 Å². The minimum Gasteiger partial charge on any atom is -0.458 e. The van der Waals surface area contributed by atoms with Gasteiger partial charge < -0.3 is 39.0 Å². The van der Waals surface area contributed by atoms with Gasteiger partial charge in [-0.2, -0.15) is 0 Å². The third-order valence-corrected chi connectivity index (χ3v) is 11.0. The summed E-state index contributed by atoms with van der Waals surface area (Å²) in [5.74, 6) is -3.65. The molecule has 0 aliphatic carbocycles. The van der Waals surface area contributed by atoms with Crippen molar-refractivity contribution in [3.8, 4) is 0 Å². The van der Waals surface area contributed by atoms with Gasteiger partial charge in [0.05, 0.1) is 23.9 Å². The molecule has 0 aromatic heterocycles. The van der Waals surface area contributed by atoms with Crippen LogP contribution in [0.5, 0.6) is 0 Å². The molecular weight excluding hydrogens is 667 g/mol. The molecule has 4 unspecified atom stereocenters. The Morgan fingerprint density at radius 3 is 2.41 bits per heavy atom. The molecule has 0 radical (unpaired) electrons. The Balaban J connectivity index is 2.07. The van der Waals surface area contributed by atoms with Crippen LogP contribution in [0.25, 0.3) is 10.4 Å². The number of azide groups is 1. The van der Waals surface area contributed by atoms with E-state index in [1.165, 1.54) is 21.0 Å². The average Bonchev–Trinajstić information content (AvgIpc) is 3.33. The number of methoxy groups -OCH3 is 1. The number of aliphatic hydroxyl groups excluding tert-OH is 1. The average molecular weight is 729 g/mol. The zero-order valence-electron chi connectivity index (χ0n) is 32.3. The molecular formula is C35H61FN6O9. The minimum atomic E-state index is -1.95. The summed E-state index contributed by atoms with van der Waals surface area (Å²) in [6, 6.07) is -1.56. The molecule has 3 rings (SSSR count). The van der Waals surface area contributed by atoms with Crippen LogP contribution in [0.15, 0.2) is 5.11 Å². The van der Waals surface area contributed by atoms with E-state index in [1.54, 1.807) is 32.6 Å². The summed E-state index contributed by atoms with van der Waals surface area (Å²) in [6.07, 6.45) is -3.66.